The highest BCUT2D eigenvalue weighted by molar-refractivity contribution is 7.06. The lowest BCUT2D eigenvalue weighted by Crippen LogP contribution is -2.38. The van der Waals surface area contributed by atoms with E-state index in [4.69, 9.17) is 4.74 Å². The first-order chi connectivity index (χ1) is 9.27. The Hall–Kier alpha value is -1.18. The fourth-order valence-corrected chi connectivity index (χ4v) is 2.82. The number of amides is 2. The van der Waals surface area contributed by atoms with Crippen LogP contribution in [0.15, 0.2) is 6.07 Å². The molecule has 2 atom stereocenters. The monoisotopic (exact) mass is 299 g/mol. The molecule has 0 aromatic carbocycles. The molecule has 0 aliphatic carbocycles. The van der Waals surface area contributed by atoms with Crippen molar-refractivity contribution in [3.8, 4) is 0 Å². The first kappa shape index (κ1) is 15.2. The van der Waals surface area contributed by atoms with Crippen LogP contribution in [0, 0.1) is 0 Å². The Morgan fingerprint density at radius 2 is 2.15 bits per heavy atom. The molecule has 1 N–H and O–H groups in total. The van der Waals surface area contributed by atoms with Crippen molar-refractivity contribution in [2.45, 2.75) is 45.6 Å². The van der Waals surface area contributed by atoms with Crippen LogP contribution in [0.4, 0.5) is 10.6 Å². The van der Waals surface area contributed by atoms with E-state index in [1.165, 1.54) is 21.3 Å². The number of likely N-dealkylation sites (N-methyl/N-ethyl adjacent to an activating group) is 1. The highest BCUT2D eigenvalue weighted by atomic mass is 32.1. The Morgan fingerprint density at radius 1 is 1.50 bits per heavy atom. The average molecular weight is 299 g/mol. The van der Waals surface area contributed by atoms with Crippen molar-refractivity contribution in [2.24, 2.45) is 0 Å². The molecule has 0 bridgehead atoms. The van der Waals surface area contributed by atoms with E-state index in [1.54, 1.807) is 7.05 Å². The Morgan fingerprint density at radius 3 is 2.65 bits per heavy atom. The minimum Gasteiger partial charge on any atom is -0.369 e. The summed E-state index contributed by atoms with van der Waals surface area (Å²) in [6, 6.07) is 1.55. The van der Waals surface area contributed by atoms with E-state index in [0.29, 0.717) is 12.4 Å². The minimum atomic E-state index is -1.04. The molecule has 112 valence electrons. The van der Waals surface area contributed by atoms with Crippen molar-refractivity contribution in [1.29, 1.82) is 0 Å². The number of rotatable bonds is 3. The first-order valence-corrected chi connectivity index (χ1v) is 7.37. The van der Waals surface area contributed by atoms with Crippen LogP contribution in [0.3, 0.4) is 0 Å². The van der Waals surface area contributed by atoms with Crippen LogP contribution >= 0.6 is 11.5 Å². The summed E-state index contributed by atoms with van der Waals surface area (Å²) >= 11 is 1.35. The van der Waals surface area contributed by atoms with Crippen molar-refractivity contribution >= 4 is 23.4 Å². The SMILES string of the molecule is CCOC1C(O)N(c2cc(C(C)(C)C)sn2)C(=O)N1C. The number of anilines is 1. The van der Waals surface area contributed by atoms with Gasteiger partial charge in [-0.15, -0.1) is 0 Å². The molecule has 0 saturated carbocycles. The minimum absolute atomic E-state index is 0.0329. The number of aromatic nitrogens is 1. The van der Waals surface area contributed by atoms with Gasteiger partial charge in [0.25, 0.3) is 0 Å². The van der Waals surface area contributed by atoms with Crippen LogP contribution in [0.2, 0.25) is 0 Å². The molecule has 2 rings (SSSR count). The molecule has 1 saturated heterocycles. The Bertz CT molecular complexity index is 497. The molecule has 1 aromatic heterocycles. The summed E-state index contributed by atoms with van der Waals surface area (Å²) in [5.74, 6) is 0.478. The second-order valence-corrected chi connectivity index (χ2v) is 6.63. The van der Waals surface area contributed by atoms with Crippen LogP contribution in [0.1, 0.15) is 32.6 Å². The summed E-state index contributed by atoms with van der Waals surface area (Å²) in [5.41, 5.74) is -0.0329. The lowest BCUT2D eigenvalue weighted by molar-refractivity contribution is -0.0687. The molecular weight excluding hydrogens is 278 g/mol. The summed E-state index contributed by atoms with van der Waals surface area (Å²) in [6.07, 6.45) is -1.70. The van der Waals surface area contributed by atoms with Gasteiger partial charge < -0.3 is 9.84 Å². The standard InChI is InChI=1S/C13H21N3O3S/c1-6-19-11-10(17)16(12(18)15(11)5)9-7-8(20-14-9)13(2,3)4/h7,10-11,17H,6H2,1-5H3. The van der Waals surface area contributed by atoms with Crippen LogP contribution in [0.25, 0.3) is 0 Å². The maximum Gasteiger partial charge on any atom is 0.329 e. The van der Waals surface area contributed by atoms with Crippen molar-refractivity contribution < 1.29 is 14.6 Å². The maximum absolute atomic E-state index is 12.2. The van der Waals surface area contributed by atoms with Gasteiger partial charge in [0.05, 0.1) is 0 Å². The molecule has 1 aliphatic rings. The molecule has 2 unspecified atom stereocenters. The van der Waals surface area contributed by atoms with E-state index in [9.17, 15) is 9.90 Å². The number of carbonyl (C=O) groups excluding carboxylic acids is 1. The van der Waals surface area contributed by atoms with Gasteiger partial charge in [0.15, 0.2) is 18.3 Å². The molecule has 7 heteroatoms. The van der Waals surface area contributed by atoms with Crippen molar-refractivity contribution in [3.05, 3.63) is 10.9 Å². The summed E-state index contributed by atoms with van der Waals surface area (Å²) < 4.78 is 9.71. The Labute approximate surface area is 123 Å². The van der Waals surface area contributed by atoms with E-state index in [2.05, 4.69) is 25.1 Å². The molecule has 0 radical (unpaired) electrons. The van der Waals surface area contributed by atoms with Crippen molar-refractivity contribution in [3.63, 3.8) is 0 Å². The Balaban J connectivity index is 2.28. The second-order valence-electron chi connectivity index (χ2n) is 5.82. The van der Waals surface area contributed by atoms with E-state index >= 15 is 0 Å². The van der Waals surface area contributed by atoms with Gasteiger partial charge in [0.1, 0.15) is 0 Å². The first-order valence-electron chi connectivity index (χ1n) is 6.60. The summed E-state index contributed by atoms with van der Waals surface area (Å²) in [5, 5.41) is 10.3. The van der Waals surface area contributed by atoms with E-state index in [-0.39, 0.29) is 11.4 Å². The fourth-order valence-electron chi connectivity index (χ4n) is 2.05. The highest BCUT2D eigenvalue weighted by Crippen LogP contribution is 2.33. The molecule has 2 heterocycles. The van der Waals surface area contributed by atoms with Gasteiger partial charge in [0.2, 0.25) is 0 Å². The van der Waals surface area contributed by atoms with E-state index in [0.717, 1.165) is 4.88 Å². The smallest absolute Gasteiger partial charge is 0.329 e. The van der Waals surface area contributed by atoms with Gasteiger partial charge in [0, 0.05) is 18.5 Å². The highest BCUT2D eigenvalue weighted by Gasteiger charge is 2.45. The molecule has 0 spiro atoms. The number of carbonyl (C=O) groups is 1. The van der Waals surface area contributed by atoms with Gasteiger partial charge >= 0.3 is 6.03 Å². The number of ether oxygens (including phenoxy) is 1. The van der Waals surface area contributed by atoms with E-state index in [1.807, 2.05) is 13.0 Å². The van der Waals surface area contributed by atoms with Gasteiger partial charge in [-0.1, -0.05) is 20.8 Å². The fraction of sp³-hybridized carbons (Fsp3) is 0.692. The Kier molecular flexibility index (Phi) is 4.04. The number of aliphatic hydroxyl groups excluding tert-OH is 1. The van der Waals surface area contributed by atoms with Crippen LogP contribution in [-0.2, 0) is 10.2 Å². The van der Waals surface area contributed by atoms with Gasteiger partial charge in [-0.05, 0) is 29.9 Å². The lowest BCUT2D eigenvalue weighted by atomic mass is 9.95. The third-order valence-electron chi connectivity index (χ3n) is 3.23. The van der Waals surface area contributed by atoms with Crippen molar-refractivity contribution in [1.82, 2.24) is 9.27 Å². The third kappa shape index (κ3) is 2.53. The molecule has 6 nitrogen and oxygen atoms in total. The maximum atomic E-state index is 12.2. The third-order valence-corrected chi connectivity index (χ3v) is 4.44. The van der Waals surface area contributed by atoms with Crippen molar-refractivity contribution in [2.75, 3.05) is 18.6 Å². The predicted octanol–water partition coefficient (Wildman–Crippen LogP) is 1.99. The van der Waals surface area contributed by atoms with E-state index < -0.39 is 12.5 Å². The van der Waals surface area contributed by atoms with Gasteiger partial charge in [-0.3, -0.25) is 4.90 Å². The van der Waals surface area contributed by atoms with Crippen LogP contribution in [0.5, 0.6) is 0 Å². The van der Waals surface area contributed by atoms with Crippen LogP contribution < -0.4 is 4.90 Å². The van der Waals surface area contributed by atoms with Gasteiger partial charge in [-0.25, -0.2) is 9.69 Å². The predicted molar refractivity (Wildman–Crippen MR) is 77.9 cm³/mol. The lowest BCUT2D eigenvalue weighted by Gasteiger charge is -2.20. The summed E-state index contributed by atoms with van der Waals surface area (Å²) in [6.45, 7) is 8.51. The average Bonchev–Trinajstić information content (AvgIpc) is 2.90. The number of nitrogens with zero attached hydrogens (tertiary/aromatic N) is 3. The topological polar surface area (TPSA) is 65.9 Å². The number of hydrogen-bond donors (Lipinski definition) is 1. The zero-order valence-corrected chi connectivity index (χ0v) is 13.3. The zero-order valence-electron chi connectivity index (χ0n) is 12.5. The second kappa shape index (κ2) is 5.31. The zero-order chi connectivity index (χ0) is 15.1. The largest absolute Gasteiger partial charge is 0.369 e. The molecule has 20 heavy (non-hydrogen) atoms. The summed E-state index contributed by atoms with van der Waals surface area (Å²) in [4.78, 5) is 16.0. The normalized spacial score (nSPS) is 23.8. The molecular formula is C13H21N3O3S. The molecule has 1 aromatic rings. The number of hydrogen-bond acceptors (Lipinski definition) is 5. The van der Waals surface area contributed by atoms with Gasteiger partial charge in [-0.2, -0.15) is 4.37 Å². The van der Waals surface area contributed by atoms with Crippen LogP contribution in [-0.4, -0.2) is 46.5 Å². The molecule has 2 amide bonds. The number of urea groups is 1. The molecule has 1 aliphatic heterocycles. The summed E-state index contributed by atoms with van der Waals surface area (Å²) in [7, 11) is 1.61. The number of aliphatic hydroxyl groups is 1. The quantitative estimate of drug-likeness (QED) is 0.927. The molecule has 1 fully saturated rings.